The summed E-state index contributed by atoms with van der Waals surface area (Å²) in [4.78, 5) is 12.4. The minimum absolute atomic E-state index is 0.0778. The maximum absolute atomic E-state index is 12.4. The van der Waals surface area contributed by atoms with Crippen molar-refractivity contribution in [2.75, 3.05) is 6.54 Å². The Balaban J connectivity index is 1.68. The van der Waals surface area contributed by atoms with Crippen molar-refractivity contribution in [2.24, 2.45) is 0 Å². The first kappa shape index (κ1) is 18.3. The molecule has 3 aromatic rings. The molecule has 27 heavy (non-hydrogen) atoms. The second kappa shape index (κ2) is 8.31. The number of rotatable bonds is 5. The van der Waals surface area contributed by atoms with Gasteiger partial charge in [-0.1, -0.05) is 48.5 Å². The van der Waals surface area contributed by atoms with Crippen molar-refractivity contribution >= 4 is 33.6 Å². The number of nitrogens with zero attached hydrogens (tertiary/aromatic N) is 3. The summed E-state index contributed by atoms with van der Waals surface area (Å²) in [7, 11) is 0. The number of nitrogens with one attached hydrogen (secondary N) is 1. The lowest BCUT2D eigenvalue weighted by Crippen LogP contribution is -2.30. The van der Waals surface area contributed by atoms with Crippen LogP contribution in [0.3, 0.4) is 0 Å². The van der Waals surface area contributed by atoms with Gasteiger partial charge >= 0.3 is 0 Å². The molecule has 4 rings (SSSR count). The number of carbonyl (C=O) groups is 1. The van der Waals surface area contributed by atoms with E-state index >= 15 is 0 Å². The fraction of sp³-hybridized carbons (Fsp3) is 0.316. The summed E-state index contributed by atoms with van der Waals surface area (Å²) in [5.74, 6) is 1.37. The third-order valence-electron chi connectivity index (χ3n) is 4.43. The molecule has 140 valence electrons. The highest BCUT2D eigenvalue weighted by Crippen LogP contribution is 2.32. The number of aromatic nitrogens is 3. The SMILES string of the molecule is O=C1NCCCCC1Sc1nnc(-c2ccc(Br)o2)n1Cc1ccccc1. The van der Waals surface area contributed by atoms with Crippen LogP contribution in [-0.2, 0) is 11.3 Å². The van der Waals surface area contributed by atoms with E-state index < -0.39 is 0 Å². The van der Waals surface area contributed by atoms with Gasteiger partial charge in [-0.3, -0.25) is 9.36 Å². The van der Waals surface area contributed by atoms with Gasteiger partial charge in [-0.25, -0.2) is 0 Å². The first-order valence-electron chi connectivity index (χ1n) is 8.88. The van der Waals surface area contributed by atoms with E-state index in [1.165, 1.54) is 11.8 Å². The number of carbonyl (C=O) groups excluding carboxylic acids is 1. The van der Waals surface area contributed by atoms with Crippen LogP contribution in [0, 0.1) is 0 Å². The van der Waals surface area contributed by atoms with E-state index in [-0.39, 0.29) is 11.2 Å². The molecule has 2 aromatic heterocycles. The normalized spacial score (nSPS) is 17.5. The molecule has 1 atom stereocenters. The summed E-state index contributed by atoms with van der Waals surface area (Å²) >= 11 is 4.82. The largest absolute Gasteiger partial charge is 0.446 e. The van der Waals surface area contributed by atoms with Crippen LogP contribution in [-0.4, -0.2) is 32.5 Å². The van der Waals surface area contributed by atoms with Crippen LogP contribution in [0.2, 0.25) is 0 Å². The van der Waals surface area contributed by atoms with Crippen LogP contribution in [0.1, 0.15) is 24.8 Å². The molecule has 0 saturated carbocycles. The molecular formula is C19H19BrN4O2S. The van der Waals surface area contributed by atoms with E-state index in [1.54, 1.807) is 0 Å². The van der Waals surface area contributed by atoms with Gasteiger partial charge in [-0.05, 0) is 46.5 Å². The molecule has 0 aliphatic carbocycles. The monoisotopic (exact) mass is 446 g/mol. The predicted molar refractivity (Wildman–Crippen MR) is 107 cm³/mol. The van der Waals surface area contributed by atoms with Crippen molar-refractivity contribution in [3.8, 4) is 11.6 Å². The lowest BCUT2D eigenvalue weighted by atomic mass is 10.2. The Morgan fingerprint density at radius 3 is 2.81 bits per heavy atom. The molecule has 6 nitrogen and oxygen atoms in total. The van der Waals surface area contributed by atoms with Crippen LogP contribution < -0.4 is 5.32 Å². The van der Waals surface area contributed by atoms with Gasteiger partial charge in [0.1, 0.15) is 0 Å². The topological polar surface area (TPSA) is 73.0 Å². The summed E-state index contributed by atoms with van der Waals surface area (Å²) in [6.07, 6.45) is 2.89. The van der Waals surface area contributed by atoms with Gasteiger partial charge in [0, 0.05) is 6.54 Å². The number of amides is 1. The Hall–Kier alpha value is -2.06. The highest BCUT2D eigenvalue weighted by Gasteiger charge is 2.26. The molecule has 0 spiro atoms. The average molecular weight is 447 g/mol. The summed E-state index contributed by atoms with van der Waals surface area (Å²) in [6, 6.07) is 13.8. The highest BCUT2D eigenvalue weighted by molar-refractivity contribution is 9.10. The van der Waals surface area contributed by atoms with Gasteiger partial charge in [0.2, 0.25) is 11.7 Å². The molecule has 0 radical (unpaired) electrons. The zero-order chi connectivity index (χ0) is 18.6. The maximum Gasteiger partial charge on any atom is 0.233 e. The van der Waals surface area contributed by atoms with E-state index in [9.17, 15) is 4.79 Å². The van der Waals surface area contributed by atoms with Gasteiger partial charge in [-0.2, -0.15) is 0 Å². The summed E-state index contributed by atoms with van der Waals surface area (Å²) in [5, 5.41) is 12.3. The molecule has 0 bridgehead atoms. The summed E-state index contributed by atoms with van der Waals surface area (Å²) < 4.78 is 8.36. The van der Waals surface area contributed by atoms with Crippen molar-refractivity contribution in [1.29, 1.82) is 0 Å². The molecule has 3 heterocycles. The summed E-state index contributed by atoms with van der Waals surface area (Å²) in [5.41, 5.74) is 1.14. The molecule has 1 N–H and O–H groups in total. The zero-order valence-electron chi connectivity index (χ0n) is 14.6. The Morgan fingerprint density at radius 2 is 2.04 bits per heavy atom. The van der Waals surface area contributed by atoms with Crippen molar-refractivity contribution < 1.29 is 9.21 Å². The third-order valence-corrected chi connectivity index (χ3v) is 6.10. The number of hydrogen-bond acceptors (Lipinski definition) is 5. The number of furan rings is 1. The quantitative estimate of drug-likeness (QED) is 0.638. The number of hydrogen-bond donors (Lipinski definition) is 1. The third kappa shape index (κ3) is 4.27. The molecule has 1 aliphatic rings. The molecule has 1 fully saturated rings. The molecule has 1 aromatic carbocycles. The Kier molecular flexibility index (Phi) is 5.63. The lowest BCUT2D eigenvalue weighted by molar-refractivity contribution is -0.120. The fourth-order valence-electron chi connectivity index (χ4n) is 3.05. The van der Waals surface area contributed by atoms with E-state index in [0.717, 1.165) is 36.5 Å². The van der Waals surface area contributed by atoms with Crippen molar-refractivity contribution in [3.63, 3.8) is 0 Å². The number of benzene rings is 1. The van der Waals surface area contributed by atoms with E-state index in [4.69, 9.17) is 4.42 Å². The molecule has 1 unspecified atom stereocenters. The standard InChI is InChI=1S/C19H19BrN4O2S/c20-16-10-9-14(26-16)17-22-23-19(24(17)12-13-6-2-1-3-7-13)27-15-8-4-5-11-21-18(15)25/h1-3,6-7,9-10,15H,4-5,8,11-12H2,(H,21,25). The average Bonchev–Trinajstić information content (AvgIpc) is 3.21. The van der Waals surface area contributed by atoms with Crippen LogP contribution in [0.4, 0.5) is 0 Å². The van der Waals surface area contributed by atoms with Crippen molar-refractivity contribution in [1.82, 2.24) is 20.1 Å². The zero-order valence-corrected chi connectivity index (χ0v) is 17.0. The van der Waals surface area contributed by atoms with Gasteiger partial charge in [0.25, 0.3) is 0 Å². The summed E-state index contributed by atoms with van der Waals surface area (Å²) in [6.45, 7) is 1.36. The van der Waals surface area contributed by atoms with Crippen molar-refractivity contribution in [3.05, 3.63) is 52.7 Å². The number of thioether (sulfide) groups is 1. The van der Waals surface area contributed by atoms with Gasteiger partial charge < -0.3 is 9.73 Å². The fourth-order valence-corrected chi connectivity index (χ4v) is 4.45. The van der Waals surface area contributed by atoms with Gasteiger partial charge in [0.05, 0.1) is 11.8 Å². The predicted octanol–water partition coefficient (Wildman–Crippen LogP) is 4.11. The molecule has 1 amide bonds. The minimum atomic E-state index is -0.151. The van der Waals surface area contributed by atoms with Crippen LogP contribution in [0.15, 0.2) is 56.7 Å². The van der Waals surface area contributed by atoms with Gasteiger partial charge in [0.15, 0.2) is 15.6 Å². The molecule has 1 saturated heterocycles. The Morgan fingerprint density at radius 1 is 1.19 bits per heavy atom. The van der Waals surface area contributed by atoms with Crippen LogP contribution in [0.25, 0.3) is 11.6 Å². The van der Waals surface area contributed by atoms with E-state index in [0.29, 0.717) is 22.8 Å². The second-order valence-corrected chi connectivity index (χ2v) is 8.33. The van der Waals surface area contributed by atoms with Crippen molar-refractivity contribution in [2.45, 2.75) is 36.2 Å². The molecular weight excluding hydrogens is 428 g/mol. The van der Waals surface area contributed by atoms with Gasteiger partial charge in [-0.15, -0.1) is 10.2 Å². The lowest BCUT2D eigenvalue weighted by Gasteiger charge is -2.14. The first-order chi connectivity index (χ1) is 13.2. The second-order valence-electron chi connectivity index (χ2n) is 6.37. The van der Waals surface area contributed by atoms with Crippen LogP contribution in [0.5, 0.6) is 0 Å². The van der Waals surface area contributed by atoms with E-state index in [2.05, 4.69) is 43.6 Å². The highest BCUT2D eigenvalue weighted by atomic mass is 79.9. The first-order valence-corrected chi connectivity index (χ1v) is 10.5. The molecule has 8 heteroatoms. The Labute approximate surface area is 169 Å². The van der Waals surface area contributed by atoms with E-state index in [1.807, 2.05) is 34.9 Å². The smallest absolute Gasteiger partial charge is 0.233 e. The maximum atomic E-state index is 12.4. The Bertz CT molecular complexity index is 925. The number of halogens is 1. The molecule has 1 aliphatic heterocycles. The minimum Gasteiger partial charge on any atom is -0.446 e. The van der Waals surface area contributed by atoms with Crippen LogP contribution >= 0.6 is 27.7 Å².